The van der Waals surface area contributed by atoms with E-state index in [1.807, 2.05) is 37.3 Å². The lowest BCUT2D eigenvalue weighted by molar-refractivity contribution is -0.306. The Hall–Kier alpha value is -3.61. The third-order valence-corrected chi connectivity index (χ3v) is 4.41. The smallest absolute Gasteiger partial charge is 0.257 e. The van der Waals surface area contributed by atoms with Crippen molar-refractivity contribution >= 4 is 11.9 Å². The molecular formula is C22H21N2O5-. The highest BCUT2D eigenvalue weighted by Gasteiger charge is 2.24. The highest BCUT2D eigenvalue weighted by Crippen LogP contribution is 2.27. The normalized spacial score (nSPS) is 11.7. The summed E-state index contributed by atoms with van der Waals surface area (Å²) in [7, 11) is 0. The molecular weight excluding hydrogens is 372 g/mol. The van der Waals surface area contributed by atoms with Crippen LogP contribution in [0.5, 0.6) is 5.75 Å². The number of carboxylic acid groups (broad SMARTS) is 1. The summed E-state index contributed by atoms with van der Waals surface area (Å²) in [5, 5.41) is 18.0. The SMILES string of the molecule is CCOc1ccc([C@H](CC(=O)[O-])NC(=O)c2c(-c3ccccc3)noc2C)cc1. The molecule has 0 saturated carbocycles. The topological polar surface area (TPSA) is 104 Å². The van der Waals surface area contributed by atoms with Gasteiger partial charge in [-0.05, 0) is 31.5 Å². The van der Waals surface area contributed by atoms with E-state index >= 15 is 0 Å². The van der Waals surface area contributed by atoms with Gasteiger partial charge in [0.25, 0.3) is 5.91 Å². The molecule has 3 aromatic rings. The van der Waals surface area contributed by atoms with Crippen LogP contribution >= 0.6 is 0 Å². The molecule has 7 heteroatoms. The van der Waals surface area contributed by atoms with E-state index in [0.717, 1.165) is 5.56 Å². The number of nitrogens with zero attached hydrogens (tertiary/aromatic N) is 1. The minimum absolute atomic E-state index is 0.269. The molecule has 0 spiro atoms. The molecule has 0 fully saturated rings. The monoisotopic (exact) mass is 393 g/mol. The Bertz CT molecular complexity index is 980. The number of carbonyl (C=O) groups is 2. The van der Waals surface area contributed by atoms with E-state index in [-0.39, 0.29) is 12.0 Å². The number of ether oxygens (including phenoxy) is 1. The number of aliphatic carboxylic acids is 1. The fourth-order valence-electron chi connectivity index (χ4n) is 3.04. The first-order valence-electron chi connectivity index (χ1n) is 9.24. The molecule has 0 bridgehead atoms. The number of amides is 1. The maximum Gasteiger partial charge on any atom is 0.257 e. The van der Waals surface area contributed by atoms with Gasteiger partial charge in [0.1, 0.15) is 22.8 Å². The van der Waals surface area contributed by atoms with Crippen LogP contribution in [0.15, 0.2) is 59.1 Å². The fourth-order valence-corrected chi connectivity index (χ4v) is 3.04. The van der Waals surface area contributed by atoms with E-state index in [9.17, 15) is 14.7 Å². The standard InChI is InChI=1S/C22H22N2O5/c1-3-28-17-11-9-15(10-12-17)18(13-19(25)26)23-22(27)20-14(2)29-24-21(20)16-7-5-4-6-8-16/h4-12,18H,3,13H2,1-2H3,(H,23,27)(H,25,26)/p-1/t18-/m0/s1. The zero-order valence-corrected chi connectivity index (χ0v) is 16.2. The van der Waals surface area contributed by atoms with Crippen molar-refractivity contribution in [2.24, 2.45) is 0 Å². The summed E-state index contributed by atoms with van der Waals surface area (Å²) in [6.07, 6.45) is -0.370. The van der Waals surface area contributed by atoms with Gasteiger partial charge >= 0.3 is 0 Å². The molecule has 0 unspecified atom stereocenters. The third kappa shape index (κ3) is 4.82. The largest absolute Gasteiger partial charge is 0.550 e. The molecule has 0 aliphatic heterocycles. The number of hydrogen-bond acceptors (Lipinski definition) is 6. The number of carboxylic acids is 1. The van der Waals surface area contributed by atoms with Crippen LogP contribution in [-0.4, -0.2) is 23.6 Å². The second kappa shape index (κ2) is 9.05. The second-order valence-corrected chi connectivity index (χ2v) is 6.43. The van der Waals surface area contributed by atoms with Crippen molar-refractivity contribution in [2.45, 2.75) is 26.3 Å². The quantitative estimate of drug-likeness (QED) is 0.631. The molecule has 1 aromatic heterocycles. The van der Waals surface area contributed by atoms with Crippen LogP contribution in [0.1, 0.15) is 41.1 Å². The maximum absolute atomic E-state index is 13.0. The first-order chi connectivity index (χ1) is 14.0. The van der Waals surface area contributed by atoms with Crippen molar-refractivity contribution in [2.75, 3.05) is 6.61 Å². The van der Waals surface area contributed by atoms with E-state index in [1.54, 1.807) is 31.2 Å². The fraction of sp³-hybridized carbons (Fsp3) is 0.227. The maximum atomic E-state index is 13.0. The average molecular weight is 393 g/mol. The van der Waals surface area contributed by atoms with Gasteiger partial charge in [-0.25, -0.2) is 0 Å². The summed E-state index contributed by atoms with van der Waals surface area (Å²) in [5.74, 6) is -0.728. The average Bonchev–Trinajstić information content (AvgIpc) is 3.10. The number of aryl methyl sites for hydroxylation is 1. The lowest BCUT2D eigenvalue weighted by atomic mass is 10.0. The summed E-state index contributed by atoms with van der Waals surface area (Å²) in [6.45, 7) is 4.03. The minimum atomic E-state index is -1.27. The molecule has 2 aromatic carbocycles. The van der Waals surface area contributed by atoms with Gasteiger partial charge in [-0.15, -0.1) is 0 Å². The van der Waals surface area contributed by atoms with Gasteiger partial charge in [0, 0.05) is 18.0 Å². The number of aromatic nitrogens is 1. The van der Waals surface area contributed by atoms with Crippen molar-refractivity contribution in [1.82, 2.24) is 10.5 Å². The Labute approximate surface area is 168 Å². The molecule has 0 aliphatic carbocycles. The summed E-state index contributed by atoms with van der Waals surface area (Å²) in [4.78, 5) is 24.3. The van der Waals surface area contributed by atoms with Gasteiger partial charge in [0.2, 0.25) is 0 Å². The van der Waals surface area contributed by atoms with Crippen LogP contribution in [0, 0.1) is 6.92 Å². The van der Waals surface area contributed by atoms with E-state index < -0.39 is 17.9 Å². The highest BCUT2D eigenvalue weighted by molar-refractivity contribution is 6.01. The lowest BCUT2D eigenvalue weighted by Crippen LogP contribution is -2.34. The van der Waals surface area contributed by atoms with E-state index in [2.05, 4.69) is 10.5 Å². The predicted molar refractivity (Wildman–Crippen MR) is 104 cm³/mol. The molecule has 1 N–H and O–H groups in total. The van der Waals surface area contributed by atoms with Crippen LogP contribution in [0.3, 0.4) is 0 Å². The van der Waals surface area contributed by atoms with Gasteiger partial charge < -0.3 is 24.5 Å². The van der Waals surface area contributed by atoms with Crippen molar-refractivity contribution in [1.29, 1.82) is 0 Å². The zero-order valence-electron chi connectivity index (χ0n) is 16.2. The van der Waals surface area contributed by atoms with Crippen LogP contribution in [0.2, 0.25) is 0 Å². The Balaban J connectivity index is 1.88. The van der Waals surface area contributed by atoms with Crippen molar-refractivity contribution in [3.05, 3.63) is 71.5 Å². The second-order valence-electron chi connectivity index (χ2n) is 6.43. The number of hydrogen-bond donors (Lipinski definition) is 1. The van der Waals surface area contributed by atoms with Gasteiger partial charge in [0.15, 0.2) is 0 Å². The minimum Gasteiger partial charge on any atom is -0.550 e. The van der Waals surface area contributed by atoms with E-state index in [1.165, 1.54) is 0 Å². The first kappa shape index (κ1) is 20.1. The number of rotatable bonds is 8. The predicted octanol–water partition coefficient (Wildman–Crippen LogP) is 2.66. The summed E-state index contributed by atoms with van der Waals surface area (Å²) < 4.78 is 10.6. The molecule has 150 valence electrons. The highest BCUT2D eigenvalue weighted by atomic mass is 16.5. The van der Waals surface area contributed by atoms with Crippen LogP contribution in [-0.2, 0) is 4.79 Å². The van der Waals surface area contributed by atoms with Gasteiger partial charge in [-0.1, -0.05) is 47.6 Å². The summed E-state index contributed by atoms with van der Waals surface area (Å²) in [5.41, 5.74) is 2.03. The third-order valence-electron chi connectivity index (χ3n) is 4.41. The number of nitrogens with one attached hydrogen (secondary N) is 1. The van der Waals surface area contributed by atoms with Crippen molar-refractivity contribution < 1.29 is 24.0 Å². The molecule has 1 atom stereocenters. The first-order valence-corrected chi connectivity index (χ1v) is 9.24. The summed E-state index contributed by atoms with van der Waals surface area (Å²) in [6, 6.07) is 15.3. The zero-order chi connectivity index (χ0) is 20.8. The molecule has 1 amide bonds. The molecule has 0 saturated heterocycles. The van der Waals surface area contributed by atoms with Gasteiger partial charge in [-0.3, -0.25) is 4.79 Å². The number of carbonyl (C=O) groups excluding carboxylic acids is 2. The van der Waals surface area contributed by atoms with Crippen LogP contribution in [0.25, 0.3) is 11.3 Å². The molecule has 0 radical (unpaired) electrons. The lowest BCUT2D eigenvalue weighted by Gasteiger charge is -2.20. The summed E-state index contributed by atoms with van der Waals surface area (Å²) >= 11 is 0. The Kier molecular flexibility index (Phi) is 6.29. The van der Waals surface area contributed by atoms with Gasteiger partial charge in [0.05, 0.1) is 12.6 Å². The van der Waals surface area contributed by atoms with E-state index in [4.69, 9.17) is 9.26 Å². The number of benzene rings is 2. The van der Waals surface area contributed by atoms with E-state index in [0.29, 0.717) is 29.4 Å². The Morgan fingerprint density at radius 1 is 1.14 bits per heavy atom. The molecule has 29 heavy (non-hydrogen) atoms. The Morgan fingerprint density at radius 3 is 2.45 bits per heavy atom. The van der Waals surface area contributed by atoms with Crippen molar-refractivity contribution in [3.8, 4) is 17.0 Å². The molecule has 0 aliphatic rings. The van der Waals surface area contributed by atoms with Crippen LogP contribution < -0.4 is 15.2 Å². The van der Waals surface area contributed by atoms with Gasteiger partial charge in [-0.2, -0.15) is 0 Å². The van der Waals surface area contributed by atoms with Crippen molar-refractivity contribution in [3.63, 3.8) is 0 Å². The molecule has 7 nitrogen and oxygen atoms in total. The molecule has 1 heterocycles. The van der Waals surface area contributed by atoms with Crippen LogP contribution in [0.4, 0.5) is 0 Å². The molecule has 3 rings (SSSR count). The Morgan fingerprint density at radius 2 is 1.83 bits per heavy atom.